The fraction of sp³-hybridized carbons (Fsp3) is 0.455. The molecule has 0 spiro atoms. The minimum Gasteiger partial charge on any atom is -0.394 e. The molecule has 2 unspecified atom stereocenters. The number of ether oxygens (including phenoxy) is 2. The van der Waals surface area contributed by atoms with Gasteiger partial charge < -0.3 is 29.9 Å². The second kappa shape index (κ2) is 8.69. The highest BCUT2D eigenvalue weighted by atomic mass is 16.7. The van der Waals surface area contributed by atoms with Crippen LogP contribution in [0.2, 0.25) is 0 Å². The maximum Gasteiger partial charge on any atom is 0.224 e. The Kier molecular flexibility index (Phi) is 6.50. The predicted octanol–water partition coefficient (Wildman–Crippen LogP) is 1.11. The van der Waals surface area contributed by atoms with E-state index in [4.69, 9.17) is 9.47 Å². The van der Waals surface area contributed by atoms with Gasteiger partial charge in [0.05, 0.1) is 6.61 Å². The maximum atomic E-state index is 10.6. The first-order valence-corrected chi connectivity index (χ1v) is 9.50. The van der Waals surface area contributed by atoms with Crippen LogP contribution in [0.1, 0.15) is 29.2 Å². The van der Waals surface area contributed by atoms with Crippen LogP contribution in [0.3, 0.4) is 0 Å². The molecule has 5 atom stereocenters. The van der Waals surface area contributed by atoms with E-state index in [-0.39, 0.29) is 0 Å². The molecule has 2 aromatic rings. The molecular formula is C22H28O6. The van der Waals surface area contributed by atoms with E-state index >= 15 is 0 Å². The number of rotatable bonds is 6. The van der Waals surface area contributed by atoms with Crippen LogP contribution in [0, 0.1) is 0 Å². The van der Waals surface area contributed by atoms with Gasteiger partial charge in [-0.1, -0.05) is 49.4 Å². The summed E-state index contributed by atoms with van der Waals surface area (Å²) in [6.45, 7) is 1.60. The van der Waals surface area contributed by atoms with E-state index in [2.05, 4.69) is 31.2 Å². The van der Waals surface area contributed by atoms with Crippen molar-refractivity contribution >= 4 is 0 Å². The summed E-state index contributed by atoms with van der Waals surface area (Å²) in [6.07, 6.45) is -3.86. The molecule has 1 aliphatic rings. The molecular weight excluding hydrogens is 360 g/mol. The van der Waals surface area contributed by atoms with Gasteiger partial charge in [0, 0.05) is 12.7 Å². The molecule has 6 nitrogen and oxygen atoms in total. The van der Waals surface area contributed by atoms with Gasteiger partial charge in [-0.25, -0.2) is 0 Å². The predicted molar refractivity (Wildman–Crippen MR) is 104 cm³/mol. The number of hydrogen-bond acceptors (Lipinski definition) is 6. The van der Waals surface area contributed by atoms with Crippen molar-refractivity contribution in [2.75, 3.05) is 13.7 Å². The van der Waals surface area contributed by atoms with E-state index in [9.17, 15) is 20.4 Å². The first-order chi connectivity index (χ1) is 13.4. The fourth-order valence-electron chi connectivity index (χ4n) is 3.69. The summed E-state index contributed by atoms with van der Waals surface area (Å²) in [5.41, 5.74) is 3.91. The number of methoxy groups -OCH3 is 1. The molecule has 1 aliphatic heterocycles. The standard InChI is InChI=1S/C22H28O6/c1-3-14-7-9-15(10-8-14)11-16-5-4-6-17(12-16)22(27-2)21(26)20(25)19(24)18(13-23)28-22/h4-10,12,18-21,23-26H,3,11,13H2,1-2H3/t18?,19-,20+,21-,22?/m1/s1. The van der Waals surface area contributed by atoms with Gasteiger partial charge in [-0.3, -0.25) is 0 Å². The van der Waals surface area contributed by atoms with Crippen molar-refractivity contribution in [3.05, 3.63) is 70.8 Å². The van der Waals surface area contributed by atoms with Crippen LogP contribution in [0.4, 0.5) is 0 Å². The molecule has 3 rings (SSSR count). The Hall–Kier alpha value is -1.80. The summed E-state index contributed by atoms with van der Waals surface area (Å²) in [7, 11) is 1.36. The molecule has 0 saturated carbocycles. The van der Waals surface area contributed by atoms with Gasteiger partial charge in [0.2, 0.25) is 5.79 Å². The lowest BCUT2D eigenvalue weighted by Crippen LogP contribution is -2.64. The van der Waals surface area contributed by atoms with Crippen LogP contribution in [-0.4, -0.2) is 58.6 Å². The Morgan fingerprint density at radius 2 is 1.64 bits per heavy atom. The van der Waals surface area contributed by atoms with Crippen LogP contribution in [-0.2, 0) is 28.1 Å². The van der Waals surface area contributed by atoms with Crippen molar-refractivity contribution in [2.24, 2.45) is 0 Å². The molecule has 1 saturated heterocycles. The van der Waals surface area contributed by atoms with Crippen LogP contribution >= 0.6 is 0 Å². The zero-order valence-corrected chi connectivity index (χ0v) is 16.2. The normalized spacial score (nSPS) is 30.4. The molecule has 6 heteroatoms. The highest BCUT2D eigenvalue weighted by Crippen LogP contribution is 2.39. The van der Waals surface area contributed by atoms with Crippen LogP contribution in [0.15, 0.2) is 48.5 Å². The molecule has 28 heavy (non-hydrogen) atoms. The Bertz CT molecular complexity index is 775. The third-order valence-electron chi connectivity index (χ3n) is 5.42. The minimum atomic E-state index is -1.69. The average molecular weight is 388 g/mol. The molecule has 2 aromatic carbocycles. The third kappa shape index (κ3) is 3.85. The third-order valence-corrected chi connectivity index (χ3v) is 5.42. The van der Waals surface area contributed by atoms with Gasteiger partial charge >= 0.3 is 0 Å². The minimum absolute atomic E-state index is 0.509. The zero-order chi connectivity index (χ0) is 20.3. The average Bonchev–Trinajstić information content (AvgIpc) is 2.73. The van der Waals surface area contributed by atoms with Gasteiger partial charge in [-0.15, -0.1) is 0 Å². The molecule has 0 aliphatic carbocycles. The van der Waals surface area contributed by atoms with E-state index < -0.39 is 36.8 Å². The van der Waals surface area contributed by atoms with Gasteiger partial charge in [0.1, 0.15) is 24.4 Å². The van der Waals surface area contributed by atoms with Gasteiger partial charge in [-0.05, 0) is 35.6 Å². The highest BCUT2D eigenvalue weighted by Gasteiger charge is 2.55. The summed E-state index contributed by atoms with van der Waals surface area (Å²) in [6, 6.07) is 15.8. The van der Waals surface area contributed by atoms with Crippen LogP contribution < -0.4 is 0 Å². The Morgan fingerprint density at radius 1 is 0.964 bits per heavy atom. The number of hydrogen-bond donors (Lipinski definition) is 4. The SMILES string of the molecule is CCc1ccc(Cc2cccc(C3(OC)OC(CO)[C@@H](O)[C@H](O)[C@H]3O)c2)cc1. The summed E-state index contributed by atoms with van der Waals surface area (Å²) >= 11 is 0. The lowest BCUT2D eigenvalue weighted by atomic mass is 9.87. The lowest BCUT2D eigenvalue weighted by Gasteiger charge is -2.47. The molecule has 1 fully saturated rings. The van der Waals surface area contributed by atoms with Gasteiger partial charge in [0.25, 0.3) is 0 Å². The molecule has 4 N–H and O–H groups in total. The lowest BCUT2D eigenvalue weighted by molar-refractivity contribution is -0.366. The summed E-state index contributed by atoms with van der Waals surface area (Å²) in [4.78, 5) is 0. The van der Waals surface area contributed by atoms with E-state index in [0.717, 1.165) is 17.5 Å². The number of aryl methyl sites for hydroxylation is 1. The fourth-order valence-corrected chi connectivity index (χ4v) is 3.69. The van der Waals surface area contributed by atoms with Crippen molar-refractivity contribution in [3.8, 4) is 0 Å². The second-order valence-electron chi connectivity index (χ2n) is 7.18. The first-order valence-electron chi connectivity index (χ1n) is 9.50. The van der Waals surface area contributed by atoms with E-state index in [1.165, 1.54) is 12.7 Å². The van der Waals surface area contributed by atoms with Crippen LogP contribution in [0.25, 0.3) is 0 Å². The number of benzene rings is 2. The zero-order valence-electron chi connectivity index (χ0n) is 16.2. The first kappa shape index (κ1) is 20.9. The Balaban J connectivity index is 1.91. The largest absolute Gasteiger partial charge is 0.394 e. The summed E-state index contributed by atoms with van der Waals surface area (Å²) < 4.78 is 11.3. The molecule has 0 bridgehead atoms. The Labute approximate surface area is 165 Å². The summed E-state index contributed by atoms with van der Waals surface area (Å²) in [5.74, 6) is -1.69. The van der Waals surface area contributed by atoms with E-state index in [1.807, 2.05) is 18.2 Å². The van der Waals surface area contributed by atoms with Crippen LogP contribution in [0.5, 0.6) is 0 Å². The highest BCUT2D eigenvalue weighted by molar-refractivity contribution is 5.34. The smallest absolute Gasteiger partial charge is 0.224 e. The number of aliphatic hydroxyl groups excluding tert-OH is 4. The molecule has 0 amide bonds. The van der Waals surface area contributed by atoms with Crippen molar-refractivity contribution in [1.82, 2.24) is 0 Å². The monoisotopic (exact) mass is 388 g/mol. The molecule has 1 heterocycles. The van der Waals surface area contributed by atoms with Crippen molar-refractivity contribution in [1.29, 1.82) is 0 Å². The van der Waals surface area contributed by atoms with E-state index in [0.29, 0.717) is 12.0 Å². The molecule has 0 aromatic heterocycles. The van der Waals surface area contributed by atoms with Gasteiger partial charge in [0.15, 0.2) is 0 Å². The van der Waals surface area contributed by atoms with E-state index in [1.54, 1.807) is 6.07 Å². The Morgan fingerprint density at radius 3 is 2.25 bits per heavy atom. The quantitative estimate of drug-likeness (QED) is 0.592. The molecule has 152 valence electrons. The number of aliphatic hydroxyl groups is 4. The van der Waals surface area contributed by atoms with Crippen molar-refractivity contribution in [3.63, 3.8) is 0 Å². The maximum absolute atomic E-state index is 10.6. The van der Waals surface area contributed by atoms with Crippen molar-refractivity contribution < 1.29 is 29.9 Å². The topological polar surface area (TPSA) is 99.4 Å². The van der Waals surface area contributed by atoms with Gasteiger partial charge in [-0.2, -0.15) is 0 Å². The van der Waals surface area contributed by atoms with Crippen molar-refractivity contribution in [2.45, 2.75) is 50.0 Å². The molecule has 0 radical (unpaired) electrons. The summed E-state index contributed by atoms with van der Waals surface area (Å²) in [5, 5.41) is 40.4. The second-order valence-corrected chi connectivity index (χ2v) is 7.18.